The summed E-state index contributed by atoms with van der Waals surface area (Å²) in [7, 11) is 0. The van der Waals surface area contributed by atoms with Crippen molar-refractivity contribution in [3.05, 3.63) is 35.4 Å². The van der Waals surface area contributed by atoms with Crippen LogP contribution in [0.3, 0.4) is 0 Å². The van der Waals surface area contributed by atoms with Crippen LogP contribution < -0.4 is 0 Å². The molecule has 0 atom stereocenters. The third kappa shape index (κ3) is 2.09. The number of nitrogens with zero attached hydrogens (tertiary/aromatic N) is 1. The number of hydrogen-bond donors (Lipinski definition) is 0. The minimum atomic E-state index is -0.885. The fourth-order valence-electron chi connectivity index (χ4n) is 2.19. The van der Waals surface area contributed by atoms with E-state index in [4.69, 9.17) is 4.74 Å². The summed E-state index contributed by atoms with van der Waals surface area (Å²) in [5.41, 5.74) is 0.708. The molecule has 0 N–H and O–H groups in total. The van der Waals surface area contributed by atoms with Gasteiger partial charge in [0.2, 0.25) is 0 Å². The third-order valence-electron chi connectivity index (χ3n) is 3.38. The van der Waals surface area contributed by atoms with Crippen LogP contribution in [-0.4, -0.2) is 19.0 Å². The highest BCUT2D eigenvalue weighted by Crippen LogP contribution is 2.34. The zero-order valence-corrected chi connectivity index (χ0v) is 9.90. The van der Waals surface area contributed by atoms with E-state index in [1.54, 1.807) is 6.07 Å². The molecule has 17 heavy (non-hydrogen) atoms. The van der Waals surface area contributed by atoms with Gasteiger partial charge in [0.25, 0.3) is 0 Å². The summed E-state index contributed by atoms with van der Waals surface area (Å²) in [6.07, 6.45) is 0.993. The second-order valence-electron chi connectivity index (χ2n) is 4.45. The third-order valence-corrected chi connectivity index (χ3v) is 3.38. The summed E-state index contributed by atoms with van der Waals surface area (Å²) in [5.74, 6) is -0.0543. The zero-order chi connectivity index (χ0) is 12.3. The van der Waals surface area contributed by atoms with Crippen LogP contribution in [0.15, 0.2) is 24.3 Å². The van der Waals surface area contributed by atoms with E-state index in [-0.39, 0.29) is 5.78 Å². The number of ether oxygens (including phenoxy) is 1. The first-order chi connectivity index (χ1) is 8.19. The first kappa shape index (κ1) is 11.8. The van der Waals surface area contributed by atoms with Crippen molar-refractivity contribution < 1.29 is 9.53 Å². The zero-order valence-electron chi connectivity index (χ0n) is 9.90. The molecule has 1 aliphatic heterocycles. The van der Waals surface area contributed by atoms with Gasteiger partial charge in [0.1, 0.15) is 5.41 Å². The molecule has 0 spiro atoms. The molecular formula is C14H15NO2. The van der Waals surface area contributed by atoms with Crippen molar-refractivity contribution in [2.75, 3.05) is 13.2 Å². The summed E-state index contributed by atoms with van der Waals surface area (Å²) in [6, 6.07) is 9.65. The molecule has 3 nitrogen and oxygen atoms in total. The predicted octanol–water partition coefficient (Wildman–Crippen LogP) is 2.50. The van der Waals surface area contributed by atoms with Crippen molar-refractivity contribution in [1.82, 2.24) is 0 Å². The molecule has 1 aromatic rings. The number of rotatable bonds is 2. The SMILES string of the molecule is Cc1ccccc1C(=O)C1(C#N)CCOCC1. The molecule has 0 bridgehead atoms. The second-order valence-corrected chi connectivity index (χ2v) is 4.45. The smallest absolute Gasteiger partial charge is 0.183 e. The first-order valence-corrected chi connectivity index (χ1v) is 5.79. The average molecular weight is 229 g/mol. The lowest BCUT2D eigenvalue weighted by atomic mass is 9.75. The summed E-state index contributed by atoms with van der Waals surface area (Å²) in [4.78, 5) is 12.5. The number of aryl methyl sites for hydroxylation is 1. The molecule has 1 aliphatic rings. The van der Waals surface area contributed by atoms with Gasteiger partial charge in [0, 0.05) is 18.8 Å². The van der Waals surface area contributed by atoms with Gasteiger partial charge < -0.3 is 4.74 Å². The lowest BCUT2D eigenvalue weighted by Crippen LogP contribution is -2.36. The Morgan fingerprint density at radius 3 is 2.59 bits per heavy atom. The Morgan fingerprint density at radius 2 is 2.00 bits per heavy atom. The number of carbonyl (C=O) groups excluding carboxylic acids is 1. The number of nitriles is 1. The topological polar surface area (TPSA) is 50.1 Å². The molecule has 1 saturated heterocycles. The standard InChI is InChI=1S/C14H15NO2/c1-11-4-2-3-5-12(11)13(16)14(10-15)6-8-17-9-7-14/h2-5H,6-9H2,1H3. The quantitative estimate of drug-likeness (QED) is 0.732. The van der Waals surface area contributed by atoms with Crippen LogP contribution in [0.25, 0.3) is 0 Å². The van der Waals surface area contributed by atoms with Gasteiger partial charge in [-0.3, -0.25) is 4.79 Å². The van der Waals surface area contributed by atoms with E-state index in [0.29, 0.717) is 31.6 Å². The number of Topliss-reactive ketones (excluding diaryl/α,β-unsaturated/α-hetero) is 1. The van der Waals surface area contributed by atoms with Crippen LogP contribution in [0.2, 0.25) is 0 Å². The van der Waals surface area contributed by atoms with E-state index in [1.165, 1.54) is 0 Å². The van der Waals surface area contributed by atoms with E-state index in [9.17, 15) is 10.1 Å². The van der Waals surface area contributed by atoms with Crippen molar-refractivity contribution in [2.24, 2.45) is 5.41 Å². The van der Waals surface area contributed by atoms with Crippen LogP contribution in [0.1, 0.15) is 28.8 Å². The molecular weight excluding hydrogens is 214 g/mol. The van der Waals surface area contributed by atoms with Gasteiger partial charge in [-0.25, -0.2) is 0 Å². The van der Waals surface area contributed by atoms with Crippen LogP contribution in [0.5, 0.6) is 0 Å². The molecule has 0 aromatic heterocycles. The molecule has 0 aliphatic carbocycles. The Kier molecular flexibility index (Phi) is 3.26. The highest BCUT2D eigenvalue weighted by Gasteiger charge is 2.41. The lowest BCUT2D eigenvalue weighted by molar-refractivity contribution is 0.0355. The van der Waals surface area contributed by atoms with Crippen LogP contribution in [-0.2, 0) is 4.74 Å². The van der Waals surface area contributed by atoms with Gasteiger partial charge >= 0.3 is 0 Å². The highest BCUT2D eigenvalue weighted by atomic mass is 16.5. The minimum absolute atomic E-state index is 0.0543. The monoisotopic (exact) mass is 229 g/mol. The summed E-state index contributed by atoms with van der Waals surface area (Å²) < 4.78 is 5.24. The van der Waals surface area contributed by atoms with E-state index in [1.807, 2.05) is 25.1 Å². The van der Waals surface area contributed by atoms with Gasteiger partial charge in [0.15, 0.2) is 5.78 Å². The van der Waals surface area contributed by atoms with E-state index < -0.39 is 5.41 Å². The Labute approximate surface area is 101 Å². The average Bonchev–Trinajstić information content (AvgIpc) is 2.39. The van der Waals surface area contributed by atoms with E-state index >= 15 is 0 Å². The first-order valence-electron chi connectivity index (χ1n) is 5.79. The molecule has 88 valence electrons. The number of benzene rings is 1. The Morgan fingerprint density at radius 1 is 1.35 bits per heavy atom. The van der Waals surface area contributed by atoms with Crippen molar-refractivity contribution >= 4 is 5.78 Å². The van der Waals surface area contributed by atoms with Crippen molar-refractivity contribution in [2.45, 2.75) is 19.8 Å². The number of ketones is 1. The molecule has 0 unspecified atom stereocenters. The normalized spacial score (nSPS) is 18.4. The summed E-state index contributed by atoms with van der Waals surface area (Å²) in [6.45, 7) is 2.88. The van der Waals surface area contributed by atoms with Crippen molar-refractivity contribution in [3.63, 3.8) is 0 Å². The van der Waals surface area contributed by atoms with Gasteiger partial charge in [-0.2, -0.15) is 5.26 Å². The maximum atomic E-state index is 12.5. The fraction of sp³-hybridized carbons (Fsp3) is 0.429. The van der Waals surface area contributed by atoms with Crippen molar-refractivity contribution in [3.8, 4) is 6.07 Å². The van der Waals surface area contributed by atoms with Crippen LogP contribution >= 0.6 is 0 Å². The number of carbonyl (C=O) groups is 1. The number of hydrogen-bond acceptors (Lipinski definition) is 3. The maximum Gasteiger partial charge on any atom is 0.183 e. The Bertz CT molecular complexity index is 467. The van der Waals surface area contributed by atoms with E-state index in [2.05, 4.69) is 6.07 Å². The molecule has 1 heterocycles. The van der Waals surface area contributed by atoms with Crippen molar-refractivity contribution in [1.29, 1.82) is 5.26 Å². The second kappa shape index (κ2) is 4.68. The molecule has 0 amide bonds. The van der Waals surface area contributed by atoms with Crippen LogP contribution in [0.4, 0.5) is 0 Å². The predicted molar refractivity (Wildman–Crippen MR) is 63.6 cm³/mol. The van der Waals surface area contributed by atoms with Gasteiger partial charge in [0.05, 0.1) is 6.07 Å². The van der Waals surface area contributed by atoms with Gasteiger partial charge in [-0.15, -0.1) is 0 Å². The highest BCUT2D eigenvalue weighted by molar-refractivity contribution is 6.03. The fourth-order valence-corrected chi connectivity index (χ4v) is 2.19. The largest absolute Gasteiger partial charge is 0.381 e. The lowest BCUT2D eigenvalue weighted by Gasteiger charge is -2.29. The van der Waals surface area contributed by atoms with Gasteiger partial charge in [-0.05, 0) is 25.3 Å². The molecule has 1 aromatic carbocycles. The Hall–Kier alpha value is -1.66. The summed E-state index contributed by atoms with van der Waals surface area (Å²) >= 11 is 0. The molecule has 0 radical (unpaired) electrons. The van der Waals surface area contributed by atoms with Crippen LogP contribution in [0, 0.1) is 23.7 Å². The van der Waals surface area contributed by atoms with E-state index in [0.717, 1.165) is 5.56 Å². The minimum Gasteiger partial charge on any atom is -0.381 e. The molecule has 2 rings (SSSR count). The maximum absolute atomic E-state index is 12.5. The molecule has 0 saturated carbocycles. The summed E-state index contributed by atoms with van der Waals surface area (Å²) in [5, 5.41) is 9.34. The molecule has 3 heteroatoms. The Balaban J connectivity index is 2.36. The molecule has 1 fully saturated rings. The van der Waals surface area contributed by atoms with Gasteiger partial charge in [-0.1, -0.05) is 24.3 Å².